The van der Waals surface area contributed by atoms with E-state index < -0.39 is 0 Å². The molecule has 0 fully saturated rings. The summed E-state index contributed by atoms with van der Waals surface area (Å²) in [6, 6.07) is 8.65. The molecule has 1 N–H and O–H groups in total. The van der Waals surface area contributed by atoms with E-state index in [1.54, 1.807) is 0 Å². The second kappa shape index (κ2) is 6.66. The summed E-state index contributed by atoms with van der Waals surface area (Å²) in [7, 11) is 0. The number of terminal acetylenes is 1. The molecule has 1 rings (SSSR count). The minimum atomic E-state index is 0.419. The molecule has 1 aromatic rings. The van der Waals surface area contributed by atoms with E-state index in [9.17, 15) is 0 Å². The third kappa shape index (κ3) is 4.07. The fraction of sp³-hybridized carbons (Fsp3) is 0.385. The third-order valence-corrected chi connectivity index (χ3v) is 3.17. The van der Waals surface area contributed by atoms with Gasteiger partial charge in [-0.25, -0.2) is 0 Å². The molecule has 1 aromatic carbocycles. The molecule has 0 saturated carbocycles. The van der Waals surface area contributed by atoms with Gasteiger partial charge in [0.25, 0.3) is 0 Å². The highest BCUT2D eigenvalue weighted by atomic mass is 79.9. The summed E-state index contributed by atoms with van der Waals surface area (Å²) in [4.78, 5) is 0. The van der Waals surface area contributed by atoms with Crippen LogP contribution in [0.1, 0.15) is 25.3 Å². The molecule has 1 atom stereocenters. The summed E-state index contributed by atoms with van der Waals surface area (Å²) in [6.45, 7) is 3.01. The Morgan fingerprint density at radius 2 is 2.20 bits per heavy atom. The molecular formula is C13H16BrN. The number of nitrogens with one attached hydrogen (secondary N) is 1. The van der Waals surface area contributed by atoms with Gasteiger partial charge < -0.3 is 5.32 Å². The van der Waals surface area contributed by atoms with Crippen molar-refractivity contribution >= 4 is 15.9 Å². The van der Waals surface area contributed by atoms with Gasteiger partial charge in [0.05, 0.1) is 0 Å². The maximum Gasteiger partial charge on any atom is 0.0240 e. The summed E-state index contributed by atoms with van der Waals surface area (Å²) in [5.41, 5.74) is 1.27. The van der Waals surface area contributed by atoms with Crippen LogP contribution in [0.2, 0.25) is 0 Å². The van der Waals surface area contributed by atoms with E-state index in [4.69, 9.17) is 6.42 Å². The van der Waals surface area contributed by atoms with Crippen molar-refractivity contribution in [1.29, 1.82) is 0 Å². The lowest BCUT2D eigenvalue weighted by Crippen LogP contribution is -2.27. The van der Waals surface area contributed by atoms with E-state index in [0.717, 1.165) is 23.9 Å². The van der Waals surface area contributed by atoms with Gasteiger partial charge in [-0.3, -0.25) is 0 Å². The van der Waals surface area contributed by atoms with Crippen molar-refractivity contribution in [2.75, 3.05) is 0 Å². The van der Waals surface area contributed by atoms with Crippen LogP contribution >= 0.6 is 15.9 Å². The van der Waals surface area contributed by atoms with Crippen molar-refractivity contribution < 1.29 is 0 Å². The molecular weight excluding hydrogens is 250 g/mol. The first kappa shape index (κ1) is 12.3. The third-order valence-electron chi connectivity index (χ3n) is 2.40. The van der Waals surface area contributed by atoms with Gasteiger partial charge in [-0.1, -0.05) is 41.1 Å². The summed E-state index contributed by atoms with van der Waals surface area (Å²) < 4.78 is 1.15. The Morgan fingerprint density at radius 1 is 1.47 bits per heavy atom. The van der Waals surface area contributed by atoms with Gasteiger partial charge in [-0.05, 0) is 18.1 Å². The van der Waals surface area contributed by atoms with Crippen LogP contribution in [0.4, 0.5) is 0 Å². The first-order valence-corrected chi connectivity index (χ1v) is 5.97. The van der Waals surface area contributed by atoms with Crippen LogP contribution in [0, 0.1) is 12.3 Å². The lowest BCUT2D eigenvalue weighted by molar-refractivity contribution is 0.506. The lowest BCUT2D eigenvalue weighted by atomic mass is 10.1. The van der Waals surface area contributed by atoms with Gasteiger partial charge in [-0.2, -0.15) is 0 Å². The molecule has 0 saturated heterocycles. The highest BCUT2D eigenvalue weighted by molar-refractivity contribution is 9.10. The zero-order valence-electron chi connectivity index (χ0n) is 8.96. The topological polar surface area (TPSA) is 12.0 Å². The summed E-state index contributed by atoms with van der Waals surface area (Å²) >= 11 is 3.53. The normalized spacial score (nSPS) is 12.1. The number of hydrogen-bond acceptors (Lipinski definition) is 1. The molecule has 0 aromatic heterocycles. The Balaban J connectivity index is 2.49. The zero-order valence-corrected chi connectivity index (χ0v) is 10.5. The van der Waals surface area contributed by atoms with Crippen molar-refractivity contribution in [3.05, 3.63) is 34.3 Å². The van der Waals surface area contributed by atoms with Crippen molar-refractivity contribution in [2.24, 2.45) is 0 Å². The van der Waals surface area contributed by atoms with Gasteiger partial charge in [0.2, 0.25) is 0 Å². The van der Waals surface area contributed by atoms with Crippen LogP contribution in [0.3, 0.4) is 0 Å². The van der Waals surface area contributed by atoms with Crippen LogP contribution in [0.15, 0.2) is 28.7 Å². The molecule has 1 unspecified atom stereocenters. The Morgan fingerprint density at radius 3 is 2.80 bits per heavy atom. The molecule has 0 aliphatic carbocycles. The molecule has 0 heterocycles. The molecule has 15 heavy (non-hydrogen) atoms. The fourth-order valence-electron chi connectivity index (χ4n) is 1.40. The Hall–Kier alpha value is -0.780. The van der Waals surface area contributed by atoms with Crippen LogP contribution in [0.25, 0.3) is 0 Å². The van der Waals surface area contributed by atoms with Gasteiger partial charge in [0.1, 0.15) is 0 Å². The molecule has 0 spiro atoms. The molecule has 0 aliphatic heterocycles. The monoisotopic (exact) mass is 265 g/mol. The summed E-state index contributed by atoms with van der Waals surface area (Å²) in [5, 5.41) is 3.45. The van der Waals surface area contributed by atoms with Crippen LogP contribution in [0.5, 0.6) is 0 Å². The molecule has 80 valence electrons. The standard InChI is InChI=1S/C13H16BrN/c1-3-7-12(4-2)15-10-11-8-5-6-9-13(11)14/h1,5-6,8-9,12,15H,4,7,10H2,2H3. The molecule has 0 bridgehead atoms. The van der Waals surface area contributed by atoms with Gasteiger partial charge in [0, 0.05) is 23.5 Å². The van der Waals surface area contributed by atoms with Crippen molar-refractivity contribution in [2.45, 2.75) is 32.4 Å². The maximum atomic E-state index is 5.30. The number of halogens is 1. The second-order valence-electron chi connectivity index (χ2n) is 3.49. The average Bonchev–Trinajstić information content (AvgIpc) is 2.26. The van der Waals surface area contributed by atoms with E-state index in [2.05, 4.69) is 46.2 Å². The number of hydrogen-bond donors (Lipinski definition) is 1. The average molecular weight is 266 g/mol. The van der Waals surface area contributed by atoms with Crippen LogP contribution < -0.4 is 5.32 Å². The molecule has 0 amide bonds. The largest absolute Gasteiger partial charge is 0.309 e. The zero-order chi connectivity index (χ0) is 11.1. The number of rotatable bonds is 5. The molecule has 2 heteroatoms. The predicted molar refractivity (Wildman–Crippen MR) is 68.5 cm³/mol. The lowest BCUT2D eigenvalue weighted by Gasteiger charge is -2.14. The Kier molecular flexibility index (Phi) is 5.45. The predicted octanol–water partition coefficient (Wildman–Crippen LogP) is 3.34. The quantitative estimate of drug-likeness (QED) is 0.806. The SMILES string of the molecule is C#CCC(CC)NCc1ccccc1Br. The van der Waals surface area contributed by atoms with E-state index in [0.29, 0.717) is 6.04 Å². The van der Waals surface area contributed by atoms with E-state index >= 15 is 0 Å². The van der Waals surface area contributed by atoms with Gasteiger partial charge in [-0.15, -0.1) is 12.3 Å². The van der Waals surface area contributed by atoms with Crippen molar-refractivity contribution in [3.8, 4) is 12.3 Å². The fourth-order valence-corrected chi connectivity index (χ4v) is 1.82. The summed E-state index contributed by atoms with van der Waals surface area (Å²) in [5.74, 6) is 2.70. The highest BCUT2D eigenvalue weighted by Gasteiger charge is 2.04. The molecule has 0 radical (unpaired) electrons. The first-order chi connectivity index (χ1) is 7.27. The Labute approximate surface area is 100 Å². The van der Waals surface area contributed by atoms with Crippen LogP contribution in [-0.2, 0) is 6.54 Å². The Bertz CT molecular complexity index is 341. The van der Waals surface area contributed by atoms with E-state index in [1.807, 2.05) is 12.1 Å². The van der Waals surface area contributed by atoms with Gasteiger partial charge in [0.15, 0.2) is 0 Å². The number of benzene rings is 1. The minimum Gasteiger partial charge on any atom is -0.309 e. The first-order valence-electron chi connectivity index (χ1n) is 5.18. The summed E-state index contributed by atoms with van der Waals surface area (Å²) in [6.07, 6.45) is 7.16. The highest BCUT2D eigenvalue weighted by Crippen LogP contribution is 2.15. The maximum absolute atomic E-state index is 5.30. The van der Waals surface area contributed by atoms with E-state index in [-0.39, 0.29) is 0 Å². The minimum absolute atomic E-state index is 0.419. The molecule has 0 aliphatic rings. The van der Waals surface area contributed by atoms with Gasteiger partial charge >= 0.3 is 0 Å². The molecule has 1 nitrogen and oxygen atoms in total. The van der Waals surface area contributed by atoms with Crippen molar-refractivity contribution in [1.82, 2.24) is 5.32 Å². The van der Waals surface area contributed by atoms with Crippen molar-refractivity contribution in [3.63, 3.8) is 0 Å². The smallest absolute Gasteiger partial charge is 0.0240 e. The van der Waals surface area contributed by atoms with Crippen LogP contribution in [-0.4, -0.2) is 6.04 Å². The van der Waals surface area contributed by atoms with E-state index in [1.165, 1.54) is 5.56 Å². The second-order valence-corrected chi connectivity index (χ2v) is 4.34.